The van der Waals surface area contributed by atoms with Gasteiger partial charge in [-0.15, -0.1) is 0 Å². The second kappa shape index (κ2) is 7.08. The van der Waals surface area contributed by atoms with Crippen LogP contribution in [0, 0.1) is 5.92 Å². The second-order valence-electron chi connectivity index (χ2n) is 6.98. The number of esters is 2. The molecule has 11 nitrogen and oxygen atoms in total. The normalized spacial score (nSPS) is 28.7. The molecule has 0 aliphatic carbocycles. The first-order chi connectivity index (χ1) is 12.4. The number of fused-ring (bicyclic) bond motifs is 1. The van der Waals surface area contributed by atoms with Gasteiger partial charge in [0.15, 0.2) is 15.2 Å². The number of rotatable bonds is 7. The van der Waals surface area contributed by atoms with E-state index in [1.807, 2.05) is 0 Å². The SMILES string of the molecule is COC(=O)CCC(N)C(=O)OC[C@H]1C(=O)N2[C@@H](C(=O)O)C(C)(C)S(=O)(=O)[C@H]12. The van der Waals surface area contributed by atoms with Gasteiger partial charge in [0.25, 0.3) is 0 Å². The highest BCUT2D eigenvalue weighted by atomic mass is 32.2. The van der Waals surface area contributed by atoms with Crippen LogP contribution in [0.25, 0.3) is 0 Å². The molecular weight excluding hydrogens is 384 g/mol. The van der Waals surface area contributed by atoms with Crippen LogP contribution in [-0.2, 0) is 38.5 Å². The maximum Gasteiger partial charge on any atom is 0.328 e. The fraction of sp³-hybridized carbons (Fsp3) is 0.733. The number of nitrogens with zero attached hydrogens (tertiary/aromatic N) is 1. The van der Waals surface area contributed by atoms with E-state index in [0.717, 1.165) is 4.90 Å². The van der Waals surface area contributed by atoms with Crippen LogP contribution in [0.2, 0.25) is 0 Å². The van der Waals surface area contributed by atoms with Gasteiger partial charge in [0.2, 0.25) is 5.91 Å². The number of carboxylic acids is 1. The molecule has 27 heavy (non-hydrogen) atoms. The number of hydrogen-bond donors (Lipinski definition) is 2. The molecule has 12 heteroatoms. The first kappa shape index (κ1) is 21.1. The highest BCUT2D eigenvalue weighted by molar-refractivity contribution is 7.93. The quantitative estimate of drug-likeness (QED) is 0.365. The molecule has 3 N–H and O–H groups in total. The fourth-order valence-corrected chi connectivity index (χ4v) is 5.63. The molecule has 2 rings (SSSR count). The summed E-state index contributed by atoms with van der Waals surface area (Å²) < 4.78 is 33.0. The molecule has 1 unspecified atom stereocenters. The second-order valence-corrected chi connectivity index (χ2v) is 9.61. The largest absolute Gasteiger partial charge is 0.480 e. The van der Waals surface area contributed by atoms with Gasteiger partial charge < -0.3 is 25.2 Å². The highest BCUT2D eigenvalue weighted by Gasteiger charge is 2.72. The number of hydrogen-bond acceptors (Lipinski definition) is 9. The zero-order valence-electron chi connectivity index (χ0n) is 15.1. The first-order valence-corrected chi connectivity index (χ1v) is 9.70. The van der Waals surface area contributed by atoms with E-state index in [4.69, 9.17) is 10.5 Å². The predicted octanol–water partition coefficient (Wildman–Crippen LogP) is -1.75. The maximum atomic E-state index is 12.7. The van der Waals surface area contributed by atoms with Crippen LogP contribution in [0.15, 0.2) is 0 Å². The van der Waals surface area contributed by atoms with Crippen LogP contribution in [0.5, 0.6) is 0 Å². The van der Waals surface area contributed by atoms with Gasteiger partial charge in [-0.3, -0.25) is 14.4 Å². The van der Waals surface area contributed by atoms with E-state index in [2.05, 4.69) is 4.74 Å². The van der Waals surface area contributed by atoms with E-state index in [1.165, 1.54) is 21.0 Å². The van der Waals surface area contributed by atoms with Crippen molar-refractivity contribution in [2.75, 3.05) is 13.7 Å². The van der Waals surface area contributed by atoms with E-state index in [0.29, 0.717) is 0 Å². The predicted molar refractivity (Wildman–Crippen MR) is 88.7 cm³/mol. The van der Waals surface area contributed by atoms with Gasteiger partial charge in [0.1, 0.15) is 24.6 Å². The number of nitrogens with two attached hydrogens (primary N) is 1. The molecule has 2 heterocycles. The van der Waals surface area contributed by atoms with Crippen molar-refractivity contribution >= 4 is 33.7 Å². The maximum absolute atomic E-state index is 12.7. The summed E-state index contributed by atoms with van der Waals surface area (Å²) in [5.74, 6) is -4.76. The lowest BCUT2D eigenvalue weighted by Crippen LogP contribution is -2.64. The summed E-state index contributed by atoms with van der Waals surface area (Å²) in [7, 11) is -2.81. The van der Waals surface area contributed by atoms with Crippen molar-refractivity contribution in [1.82, 2.24) is 4.90 Å². The van der Waals surface area contributed by atoms with Crippen LogP contribution in [-0.4, -0.2) is 78.2 Å². The minimum absolute atomic E-state index is 0.0356. The lowest BCUT2D eigenvalue weighted by Gasteiger charge is -2.42. The Morgan fingerprint density at radius 3 is 2.44 bits per heavy atom. The van der Waals surface area contributed by atoms with Crippen LogP contribution in [0.3, 0.4) is 0 Å². The molecule has 0 spiro atoms. The Kier molecular flexibility index (Phi) is 5.53. The summed E-state index contributed by atoms with van der Waals surface area (Å²) in [6, 6.07) is -2.65. The third-order valence-electron chi connectivity index (χ3n) is 5.01. The monoisotopic (exact) mass is 406 g/mol. The lowest BCUT2D eigenvalue weighted by atomic mass is 9.92. The van der Waals surface area contributed by atoms with Gasteiger partial charge in [-0.2, -0.15) is 0 Å². The summed E-state index contributed by atoms with van der Waals surface area (Å²) in [5, 5.41) is 7.96. The number of carbonyl (C=O) groups excluding carboxylic acids is 3. The Morgan fingerprint density at radius 2 is 1.93 bits per heavy atom. The lowest BCUT2D eigenvalue weighted by molar-refractivity contribution is -0.169. The molecule has 2 aliphatic rings. The van der Waals surface area contributed by atoms with Crippen LogP contribution in [0.4, 0.5) is 0 Å². The smallest absolute Gasteiger partial charge is 0.328 e. The Morgan fingerprint density at radius 1 is 1.33 bits per heavy atom. The Hall–Kier alpha value is -2.21. The number of aliphatic carboxylic acids is 1. The fourth-order valence-electron chi connectivity index (χ4n) is 3.33. The van der Waals surface area contributed by atoms with Crippen molar-refractivity contribution in [3.63, 3.8) is 0 Å². The molecule has 0 radical (unpaired) electrons. The molecule has 2 fully saturated rings. The summed E-state index contributed by atoms with van der Waals surface area (Å²) in [6.45, 7) is 1.96. The Bertz CT molecular complexity index is 776. The Balaban J connectivity index is 2.04. The molecule has 0 aromatic heterocycles. The third-order valence-corrected chi connectivity index (χ3v) is 7.89. The number of carbonyl (C=O) groups is 4. The number of sulfone groups is 1. The van der Waals surface area contributed by atoms with E-state index in [9.17, 15) is 32.7 Å². The van der Waals surface area contributed by atoms with Crippen molar-refractivity contribution in [3.05, 3.63) is 0 Å². The zero-order chi connectivity index (χ0) is 20.7. The van der Waals surface area contributed by atoms with Gasteiger partial charge in [0.05, 0.1) is 11.9 Å². The average molecular weight is 406 g/mol. The van der Waals surface area contributed by atoms with Gasteiger partial charge >= 0.3 is 17.9 Å². The summed E-state index contributed by atoms with van der Waals surface area (Å²) >= 11 is 0. The number of carboxylic acid groups (broad SMARTS) is 1. The number of β-lactam (4-membered cyclic amide) rings is 1. The number of amides is 1. The molecule has 2 aliphatic heterocycles. The van der Waals surface area contributed by atoms with Gasteiger partial charge in [-0.05, 0) is 20.3 Å². The summed E-state index contributed by atoms with van der Waals surface area (Å²) in [5.41, 5.74) is 5.59. The minimum atomic E-state index is -3.99. The van der Waals surface area contributed by atoms with Gasteiger partial charge in [-0.25, -0.2) is 13.2 Å². The molecule has 2 saturated heterocycles. The van der Waals surface area contributed by atoms with Gasteiger partial charge in [-0.1, -0.05) is 0 Å². The van der Waals surface area contributed by atoms with Crippen molar-refractivity contribution in [1.29, 1.82) is 0 Å². The molecule has 0 aromatic carbocycles. The van der Waals surface area contributed by atoms with Crippen molar-refractivity contribution in [2.45, 2.75) is 48.9 Å². The van der Waals surface area contributed by atoms with Crippen molar-refractivity contribution in [3.8, 4) is 0 Å². The van der Waals surface area contributed by atoms with E-state index < -0.39 is 68.4 Å². The van der Waals surface area contributed by atoms with Crippen LogP contribution in [0.1, 0.15) is 26.7 Å². The summed E-state index contributed by atoms with van der Waals surface area (Å²) in [4.78, 5) is 47.5. The van der Waals surface area contributed by atoms with Crippen LogP contribution >= 0.6 is 0 Å². The van der Waals surface area contributed by atoms with E-state index in [-0.39, 0.29) is 12.8 Å². The molecular formula is C15H22N2O9S. The molecule has 0 bridgehead atoms. The number of ether oxygens (including phenoxy) is 2. The van der Waals surface area contributed by atoms with E-state index in [1.54, 1.807) is 0 Å². The van der Waals surface area contributed by atoms with Crippen LogP contribution < -0.4 is 5.73 Å². The minimum Gasteiger partial charge on any atom is -0.480 e. The zero-order valence-corrected chi connectivity index (χ0v) is 15.9. The first-order valence-electron chi connectivity index (χ1n) is 8.15. The molecule has 0 aromatic rings. The molecule has 1 amide bonds. The molecule has 152 valence electrons. The molecule has 0 saturated carbocycles. The van der Waals surface area contributed by atoms with Crippen molar-refractivity contribution in [2.24, 2.45) is 11.7 Å². The standard InChI is InChI=1S/C15H22N2O9S/c1-15(2)10(13(20)21)17-11(19)7(12(17)27(15,23)24)6-26-14(22)8(16)4-5-9(18)25-3/h7-8,10,12H,4-6,16H2,1-3H3,(H,20,21)/t7-,8?,10-,12+/m0/s1. The van der Waals surface area contributed by atoms with Gasteiger partial charge in [0, 0.05) is 6.42 Å². The third kappa shape index (κ3) is 3.27. The van der Waals surface area contributed by atoms with Crippen molar-refractivity contribution < 1.29 is 42.2 Å². The average Bonchev–Trinajstić information content (AvgIpc) is 2.73. The summed E-state index contributed by atoms with van der Waals surface area (Å²) in [6.07, 6.45) is -0.138. The topological polar surface area (TPSA) is 170 Å². The molecule has 4 atom stereocenters. The van der Waals surface area contributed by atoms with E-state index >= 15 is 0 Å². The highest BCUT2D eigenvalue weighted by Crippen LogP contribution is 2.48. The number of methoxy groups -OCH3 is 1. The Labute approximate surface area is 155 Å².